The van der Waals surface area contributed by atoms with Gasteiger partial charge >= 0.3 is 6.09 Å². The van der Waals surface area contributed by atoms with E-state index in [9.17, 15) is 18.8 Å². The molecule has 0 spiro atoms. The highest BCUT2D eigenvalue weighted by atomic mass is 19.1. The molecule has 0 saturated heterocycles. The number of nitrogens with zero attached hydrogens (tertiary/aromatic N) is 2. The predicted octanol–water partition coefficient (Wildman–Crippen LogP) is 4.90. The van der Waals surface area contributed by atoms with E-state index in [-0.39, 0.29) is 25.3 Å². The number of ketones is 1. The lowest BCUT2D eigenvalue weighted by molar-refractivity contribution is -0.117. The van der Waals surface area contributed by atoms with Crippen LogP contribution in [-0.2, 0) is 22.5 Å². The molecule has 1 aromatic carbocycles. The van der Waals surface area contributed by atoms with Crippen LogP contribution in [0.5, 0.6) is 0 Å². The van der Waals surface area contributed by atoms with Gasteiger partial charge in [0, 0.05) is 29.4 Å². The van der Waals surface area contributed by atoms with Gasteiger partial charge in [-0.3, -0.25) is 14.5 Å². The van der Waals surface area contributed by atoms with Crippen molar-refractivity contribution in [2.75, 3.05) is 11.9 Å². The van der Waals surface area contributed by atoms with E-state index in [0.717, 1.165) is 16.7 Å². The van der Waals surface area contributed by atoms with Gasteiger partial charge in [0.1, 0.15) is 17.6 Å². The van der Waals surface area contributed by atoms with E-state index in [1.165, 1.54) is 4.90 Å². The maximum absolute atomic E-state index is 13.4. The van der Waals surface area contributed by atoms with Crippen LogP contribution in [0.15, 0.2) is 48.7 Å². The Morgan fingerprint density at radius 1 is 1.19 bits per heavy atom. The summed E-state index contributed by atoms with van der Waals surface area (Å²) in [6, 6.07) is 13.3. The minimum absolute atomic E-state index is 0.0789. The summed E-state index contributed by atoms with van der Waals surface area (Å²) in [6.45, 7) is 5.47. The normalized spacial score (nSPS) is 18.8. The molecule has 1 aliphatic heterocycles. The molecule has 9 heteroatoms. The van der Waals surface area contributed by atoms with E-state index < -0.39 is 29.7 Å². The van der Waals surface area contributed by atoms with Gasteiger partial charge in [-0.15, -0.1) is 0 Å². The lowest BCUT2D eigenvalue weighted by Crippen LogP contribution is -2.42. The van der Waals surface area contributed by atoms with Gasteiger partial charge in [-0.2, -0.15) is 0 Å². The van der Waals surface area contributed by atoms with Gasteiger partial charge in [0.15, 0.2) is 5.78 Å². The maximum Gasteiger partial charge on any atom is 0.411 e. The van der Waals surface area contributed by atoms with Gasteiger partial charge in [-0.1, -0.05) is 30.3 Å². The number of benzene rings is 1. The summed E-state index contributed by atoms with van der Waals surface area (Å²) in [5.41, 5.74) is 3.78. The number of halogens is 1. The average Bonchev–Trinajstić information content (AvgIpc) is 3.46. The summed E-state index contributed by atoms with van der Waals surface area (Å²) in [4.78, 5) is 47.3. The number of anilines is 1. The molecule has 0 radical (unpaired) electrons. The Bertz CT molecular complexity index is 1360. The van der Waals surface area contributed by atoms with Crippen LogP contribution in [0.3, 0.4) is 0 Å². The number of Topliss-reactive ketones (excluding diaryl/α,β-unsaturated/α-hetero) is 1. The van der Waals surface area contributed by atoms with Crippen molar-refractivity contribution in [3.63, 3.8) is 0 Å². The van der Waals surface area contributed by atoms with Crippen LogP contribution >= 0.6 is 0 Å². The van der Waals surface area contributed by atoms with Gasteiger partial charge < -0.3 is 15.0 Å². The zero-order valence-corrected chi connectivity index (χ0v) is 21.0. The number of ether oxygens (including phenoxy) is 1. The molecular formula is C28H29FN4O4. The number of nitrogens with one attached hydrogen (secondary N) is 2. The second-order valence-corrected chi connectivity index (χ2v) is 10.5. The SMILES string of the molecule is CC(C)(C)OC(=O)N1CC(=O)c2c([nH]c(-c3ccnc(NC(=O)[C@@H]4C[C@@H]4F)c3)c2Cc2ccccc2)C1. The minimum Gasteiger partial charge on any atom is -0.444 e. The molecule has 2 aliphatic rings. The van der Waals surface area contributed by atoms with E-state index in [2.05, 4.69) is 15.3 Å². The Kier molecular flexibility index (Phi) is 6.31. The first-order valence-corrected chi connectivity index (χ1v) is 12.3. The van der Waals surface area contributed by atoms with Crippen LogP contribution in [0.2, 0.25) is 0 Å². The fraction of sp³-hybridized carbons (Fsp3) is 0.357. The summed E-state index contributed by atoms with van der Waals surface area (Å²) in [6.07, 6.45) is 0.635. The second-order valence-electron chi connectivity index (χ2n) is 10.5. The summed E-state index contributed by atoms with van der Waals surface area (Å²) < 4.78 is 18.8. The van der Waals surface area contributed by atoms with Crippen molar-refractivity contribution in [3.8, 4) is 11.3 Å². The summed E-state index contributed by atoms with van der Waals surface area (Å²) in [7, 11) is 0. The fourth-order valence-electron chi connectivity index (χ4n) is 4.54. The molecule has 1 fully saturated rings. The summed E-state index contributed by atoms with van der Waals surface area (Å²) in [5, 5.41) is 2.69. The van der Waals surface area contributed by atoms with Crippen molar-refractivity contribution in [1.29, 1.82) is 0 Å². The number of rotatable bonds is 5. The molecule has 1 aliphatic carbocycles. The van der Waals surface area contributed by atoms with Gasteiger partial charge in [0.25, 0.3) is 0 Å². The third kappa shape index (κ3) is 5.40. The maximum atomic E-state index is 13.4. The Morgan fingerprint density at radius 2 is 1.92 bits per heavy atom. The Balaban J connectivity index is 1.51. The van der Waals surface area contributed by atoms with Gasteiger partial charge in [-0.25, -0.2) is 14.2 Å². The van der Waals surface area contributed by atoms with Gasteiger partial charge in [0.2, 0.25) is 5.91 Å². The fourth-order valence-corrected chi connectivity index (χ4v) is 4.54. The van der Waals surface area contributed by atoms with Crippen LogP contribution < -0.4 is 5.32 Å². The topological polar surface area (TPSA) is 104 Å². The summed E-state index contributed by atoms with van der Waals surface area (Å²) >= 11 is 0. The van der Waals surface area contributed by atoms with Crippen molar-refractivity contribution in [3.05, 3.63) is 71.0 Å². The van der Waals surface area contributed by atoms with Crippen molar-refractivity contribution >= 4 is 23.6 Å². The molecule has 2 amide bonds. The predicted molar refractivity (Wildman–Crippen MR) is 136 cm³/mol. The highest BCUT2D eigenvalue weighted by Gasteiger charge is 2.43. The number of aromatic nitrogens is 2. The van der Waals surface area contributed by atoms with Gasteiger partial charge in [0.05, 0.1) is 24.7 Å². The Labute approximate surface area is 214 Å². The molecule has 3 aromatic rings. The zero-order valence-electron chi connectivity index (χ0n) is 21.0. The average molecular weight is 505 g/mol. The monoisotopic (exact) mass is 504 g/mol. The number of hydrogen-bond donors (Lipinski definition) is 2. The molecule has 192 valence electrons. The first kappa shape index (κ1) is 24.7. The van der Waals surface area contributed by atoms with E-state index >= 15 is 0 Å². The molecule has 0 unspecified atom stereocenters. The molecule has 2 aromatic heterocycles. The molecule has 2 N–H and O–H groups in total. The number of pyridine rings is 1. The number of aromatic amines is 1. The largest absolute Gasteiger partial charge is 0.444 e. The smallest absolute Gasteiger partial charge is 0.411 e. The molecule has 8 nitrogen and oxygen atoms in total. The van der Waals surface area contributed by atoms with Crippen LogP contribution in [0.1, 0.15) is 54.4 Å². The van der Waals surface area contributed by atoms with Crippen LogP contribution in [0.25, 0.3) is 11.3 Å². The van der Waals surface area contributed by atoms with Crippen molar-refractivity contribution in [2.24, 2.45) is 5.92 Å². The third-order valence-electron chi connectivity index (χ3n) is 6.37. The molecule has 0 bridgehead atoms. The Hall–Kier alpha value is -4.01. The Morgan fingerprint density at radius 3 is 2.59 bits per heavy atom. The first-order valence-electron chi connectivity index (χ1n) is 12.3. The van der Waals surface area contributed by atoms with E-state index in [1.54, 1.807) is 39.1 Å². The number of carbonyl (C=O) groups is 3. The number of fused-ring (bicyclic) bond motifs is 1. The molecular weight excluding hydrogens is 475 g/mol. The second kappa shape index (κ2) is 9.46. The van der Waals surface area contributed by atoms with Crippen molar-refractivity contribution < 1.29 is 23.5 Å². The standard InChI is InChI=1S/C28H29FN4O4/c1-28(2,3)37-27(36)33-14-21-24(22(34)15-33)19(11-16-7-5-4-6-8-16)25(31-21)17-9-10-30-23(12-17)32-26(35)18-13-20(18)29/h4-10,12,18,20,31H,11,13-15H2,1-3H3,(H,30,32,35)/t18-,20+/m1/s1. The number of alkyl halides is 1. The molecule has 5 rings (SSSR count). The number of H-pyrrole nitrogens is 1. The van der Waals surface area contributed by atoms with E-state index in [0.29, 0.717) is 29.2 Å². The number of amides is 2. The highest BCUT2D eigenvalue weighted by molar-refractivity contribution is 6.04. The van der Waals surface area contributed by atoms with Crippen molar-refractivity contribution in [1.82, 2.24) is 14.9 Å². The quantitative estimate of drug-likeness (QED) is 0.515. The minimum atomic E-state index is -1.10. The number of carbonyl (C=O) groups excluding carboxylic acids is 3. The van der Waals surface area contributed by atoms with Crippen molar-refractivity contribution in [2.45, 2.75) is 51.9 Å². The van der Waals surface area contributed by atoms with Gasteiger partial charge in [-0.05, 0) is 50.5 Å². The molecule has 2 atom stereocenters. The number of hydrogen-bond acceptors (Lipinski definition) is 5. The molecule has 1 saturated carbocycles. The molecule has 3 heterocycles. The first-order chi connectivity index (χ1) is 17.6. The van der Waals surface area contributed by atoms with Crippen LogP contribution in [0.4, 0.5) is 15.0 Å². The third-order valence-corrected chi connectivity index (χ3v) is 6.37. The molecule has 37 heavy (non-hydrogen) atoms. The van der Waals surface area contributed by atoms with Crippen LogP contribution in [-0.4, -0.2) is 51.0 Å². The highest BCUT2D eigenvalue weighted by Crippen LogP contribution is 2.36. The van der Waals surface area contributed by atoms with E-state index in [4.69, 9.17) is 4.74 Å². The summed E-state index contributed by atoms with van der Waals surface area (Å²) in [5.74, 6) is -0.892. The lowest BCUT2D eigenvalue weighted by Gasteiger charge is -2.29. The lowest BCUT2D eigenvalue weighted by atomic mass is 9.93. The van der Waals surface area contributed by atoms with E-state index in [1.807, 2.05) is 30.3 Å². The zero-order chi connectivity index (χ0) is 26.3. The van der Waals surface area contributed by atoms with Crippen LogP contribution in [0, 0.1) is 5.92 Å².